The van der Waals surface area contributed by atoms with E-state index >= 15 is 0 Å². The Bertz CT molecular complexity index is 965. The molecule has 3 rings (SSSR count). The first kappa shape index (κ1) is 19.9. The van der Waals surface area contributed by atoms with Crippen LogP contribution >= 0.6 is 23.2 Å². The lowest BCUT2D eigenvalue weighted by Crippen LogP contribution is -2.19. The highest BCUT2D eigenvalue weighted by Crippen LogP contribution is 2.29. The quantitative estimate of drug-likeness (QED) is 0.570. The van der Waals surface area contributed by atoms with Crippen molar-refractivity contribution in [3.8, 4) is 11.5 Å². The predicted molar refractivity (Wildman–Crippen MR) is 100 cm³/mol. The summed E-state index contributed by atoms with van der Waals surface area (Å²) in [7, 11) is 0. The van der Waals surface area contributed by atoms with Gasteiger partial charge in [0.15, 0.2) is 6.73 Å². The Kier molecular flexibility index (Phi) is 6.33. The Hall–Kier alpha value is -2.84. The van der Waals surface area contributed by atoms with Crippen molar-refractivity contribution in [3.63, 3.8) is 0 Å². The fourth-order valence-electron chi connectivity index (χ4n) is 2.26. The minimum Gasteiger partial charge on any atom is -0.471 e. The second-order valence-corrected chi connectivity index (χ2v) is 6.26. The van der Waals surface area contributed by atoms with Crippen LogP contribution in [0.5, 0.6) is 11.5 Å². The van der Waals surface area contributed by atoms with Gasteiger partial charge in [0, 0.05) is 16.9 Å². The second kappa shape index (κ2) is 8.90. The number of nitrogens with one attached hydrogen (secondary N) is 1. The standard InChI is InChI=1S/C18H13Cl2F2N3O3/c19-11-1-4-13(5-2-11)27-10-25-15(7-8-23-25)17(26)24-12-3-6-16(14(20)9-12)28-18(21)22/h1-9,18H,10H2,(H,24,26). The molecule has 2 aromatic carbocycles. The number of halogens is 4. The van der Waals surface area contributed by atoms with Crippen LogP contribution in [0, 0.1) is 0 Å². The normalized spacial score (nSPS) is 10.8. The SMILES string of the molecule is O=C(Nc1ccc(OC(F)F)c(Cl)c1)c1ccnn1COc1ccc(Cl)cc1. The first-order valence-corrected chi connectivity index (χ1v) is 8.64. The van der Waals surface area contributed by atoms with Crippen molar-refractivity contribution in [2.24, 2.45) is 0 Å². The van der Waals surface area contributed by atoms with Gasteiger partial charge in [-0.15, -0.1) is 0 Å². The number of ether oxygens (including phenoxy) is 2. The van der Waals surface area contributed by atoms with Gasteiger partial charge >= 0.3 is 6.61 Å². The second-order valence-electron chi connectivity index (χ2n) is 5.42. The van der Waals surface area contributed by atoms with Gasteiger partial charge in [0.25, 0.3) is 5.91 Å². The molecule has 0 bridgehead atoms. The van der Waals surface area contributed by atoms with Gasteiger partial charge in [-0.1, -0.05) is 23.2 Å². The average Bonchev–Trinajstić information content (AvgIpc) is 3.12. The summed E-state index contributed by atoms with van der Waals surface area (Å²) in [6, 6.07) is 12.2. The van der Waals surface area contributed by atoms with E-state index in [1.54, 1.807) is 24.3 Å². The number of anilines is 1. The Balaban J connectivity index is 1.66. The van der Waals surface area contributed by atoms with Crippen molar-refractivity contribution in [1.29, 1.82) is 0 Å². The zero-order valence-electron chi connectivity index (χ0n) is 14.1. The highest BCUT2D eigenvalue weighted by atomic mass is 35.5. The van der Waals surface area contributed by atoms with Crippen LogP contribution in [0.15, 0.2) is 54.7 Å². The van der Waals surface area contributed by atoms with Crippen LogP contribution in [-0.2, 0) is 6.73 Å². The maximum atomic E-state index is 12.5. The third kappa shape index (κ3) is 5.11. The molecule has 0 spiro atoms. The minimum absolute atomic E-state index is 0.000686. The molecule has 1 N–H and O–H groups in total. The molecule has 146 valence electrons. The van der Waals surface area contributed by atoms with Crippen molar-refractivity contribution in [2.75, 3.05) is 5.32 Å². The van der Waals surface area contributed by atoms with Gasteiger partial charge in [-0.2, -0.15) is 13.9 Å². The molecule has 0 atom stereocenters. The monoisotopic (exact) mass is 427 g/mol. The van der Waals surface area contributed by atoms with Crippen LogP contribution in [-0.4, -0.2) is 22.3 Å². The largest absolute Gasteiger partial charge is 0.471 e. The molecular formula is C18H13Cl2F2N3O3. The first-order chi connectivity index (χ1) is 13.4. The number of nitrogens with zero attached hydrogens (tertiary/aromatic N) is 2. The molecule has 6 nitrogen and oxygen atoms in total. The Morgan fingerprint density at radius 1 is 1.14 bits per heavy atom. The van der Waals surface area contributed by atoms with Gasteiger partial charge < -0.3 is 14.8 Å². The molecule has 0 radical (unpaired) electrons. The van der Waals surface area contributed by atoms with Crippen molar-refractivity contribution in [1.82, 2.24) is 9.78 Å². The van der Waals surface area contributed by atoms with E-state index in [4.69, 9.17) is 27.9 Å². The molecule has 0 aliphatic carbocycles. The number of aromatic nitrogens is 2. The molecule has 3 aromatic rings. The van der Waals surface area contributed by atoms with Gasteiger partial charge in [0.05, 0.1) is 5.02 Å². The zero-order chi connectivity index (χ0) is 20.1. The van der Waals surface area contributed by atoms with Crippen molar-refractivity contribution < 1.29 is 23.0 Å². The smallest absolute Gasteiger partial charge is 0.387 e. The van der Waals surface area contributed by atoms with Crippen LogP contribution in [0.25, 0.3) is 0 Å². The molecule has 0 saturated heterocycles. The van der Waals surface area contributed by atoms with Gasteiger partial charge in [-0.3, -0.25) is 4.79 Å². The highest BCUT2D eigenvalue weighted by Gasteiger charge is 2.15. The van der Waals surface area contributed by atoms with E-state index in [2.05, 4.69) is 15.2 Å². The van der Waals surface area contributed by atoms with Crippen molar-refractivity contribution >= 4 is 34.8 Å². The summed E-state index contributed by atoms with van der Waals surface area (Å²) in [6.07, 6.45) is 1.45. The number of benzene rings is 2. The summed E-state index contributed by atoms with van der Waals surface area (Å²) in [5.41, 5.74) is 0.543. The Labute approximate surface area is 168 Å². The van der Waals surface area contributed by atoms with Crippen molar-refractivity contribution in [2.45, 2.75) is 13.3 Å². The number of amides is 1. The van der Waals surface area contributed by atoms with E-state index in [9.17, 15) is 13.6 Å². The fraction of sp³-hybridized carbons (Fsp3) is 0.111. The minimum atomic E-state index is -2.99. The number of carbonyl (C=O) groups excluding carboxylic acids is 1. The number of hydrogen-bond donors (Lipinski definition) is 1. The predicted octanol–water partition coefficient (Wildman–Crippen LogP) is 5.08. The van der Waals surface area contributed by atoms with Crippen LogP contribution in [0.2, 0.25) is 10.0 Å². The molecule has 1 aromatic heterocycles. The van der Waals surface area contributed by atoms with E-state index in [-0.39, 0.29) is 23.2 Å². The summed E-state index contributed by atoms with van der Waals surface area (Å²) in [5, 5.41) is 7.18. The number of rotatable bonds is 7. The lowest BCUT2D eigenvalue weighted by molar-refractivity contribution is -0.0497. The van der Waals surface area contributed by atoms with E-state index < -0.39 is 12.5 Å². The van der Waals surface area contributed by atoms with Gasteiger partial charge in [0.1, 0.15) is 17.2 Å². The lowest BCUT2D eigenvalue weighted by Gasteiger charge is -2.11. The lowest BCUT2D eigenvalue weighted by atomic mass is 10.3. The van der Waals surface area contributed by atoms with Gasteiger partial charge in [-0.25, -0.2) is 4.68 Å². The topological polar surface area (TPSA) is 65.4 Å². The van der Waals surface area contributed by atoms with Crippen molar-refractivity contribution in [3.05, 3.63) is 70.5 Å². The van der Waals surface area contributed by atoms with Crippen LogP contribution in [0.1, 0.15) is 10.5 Å². The van der Waals surface area contributed by atoms with Crippen LogP contribution in [0.4, 0.5) is 14.5 Å². The molecule has 1 heterocycles. The van der Waals surface area contributed by atoms with E-state index in [1.807, 2.05) is 0 Å². The molecule has 0 aliphatic rings. The molecule has 0 fully saturated rings. The number of alkyl halides is 2. The maximum Gasteiger partial charge on any atom is 0.387 e. The third-order valence-electron chi connectivity index (χ3n) is 3.52. The average molecular weight is 428 g/mol. The molecular weight excluding hydrogens is 415 g/mol. The summed E-state index contributed by atoms with van der Waals surface area (Å²) < 4.78 is 35.7. The van der Waals surface area contributed by atoms with Gasteiger partial charge in [-0.05, 0) is 48.5 Å². The molecule has 10 heteroatoms. The first-order valence-electron chi connectivity index (χ1n) is 7.88. The summed E-state index contributed by atoms with van der Waals surface area (Å²) in [6.45, 7) is -2.99. The number of hydrogen-bond acceptors (Lipinski definition) is 4. The van der Waals surface area contributed by atoms with Crippen LogP contribution in [0.3, 0.4) is 0 Å². The maximum absolute atomic E-state index is 12.5. The van der Waals surface area contributed by atoms with E-state index in [0.717, 1.165) is 0 Å². The third-order valence-corrected chi connectivity index (χ3v) is 4.07. The van der Waals surface area contributed by atoms with E-state index in [0.29, 0.717) is 16.5 Å². The summed E-state index contributed by atoms with van der Waals surface area (Å²) in [4.78, 5) is 12.5. The zero-order valence-corrected chi connectivity index (χ0v) is 15.6. The van der Waals surface area contributed by atoms with E-state index in [1.165, 1.54) is 35.1 Å². The van der Waals surface area contributed by atoms with Crippen LogP contribution < -0.4 is 14.8 Å². The summed E-state index contributed by atoms with van der Waals surface area (Å²) in [5.74, 6) is -0.0977. The molecule has 28 heavy (non-hydrogen) atoms. The Morgan fingerprint density at radius 2 is 1.89 bits per heavy atom. The molecule has 0 aliphatic heterocycles. The Morgan fingerprint density at radius 3 is 2.57 bits per heavy atom. The number of carbonyl (C=O) groups is 1. The highest BCUT2D eigenvalue weighted by molar-refractivity contribution is 6.32. The fourth-order valence-corrected chi connectivity index (χ4v) is 2.61. The summed E-state index contributed by atoms with van der Waals surface area (Å²) >= 11 is 11.7. The molecule has 0 saturated carbocycles. The molecule has 1 amide bonds. The van der Waals surface area contributed by atoms with Gasteiger partial charge in [0.2, 0.25) is 0 Å². The molecule has 0 unspecified atom stereocenters.